The van der Waals surface area contributed by atoms with E-state index in [1.54, 1.807) is 0 Å². The highest BCUT2D eigenvalue weighted by molar-refractivity contribution is 5.88. The molecule has 5 heteroatoms. The molecule has 1 amide bonds. The van der Waals surface area contributed by atoms with Crippen molar-refractivity contribution in [2.24, 2.45) is 0 Å². The Morgan fingerprint density at radius 2 is 2.04 bits per heavy atom. The highest BCUT2D eigenvalue weighted by Gasteiger charge is 2.39. The predicted octanol–water partition coefficient (Wildman–Crippen LogP) is 2.34. The number of carbonyl (C=O) groups excluding carboxylic acids is 1. The molecule has 0 spiro atoms. The first kappa shape index (κ1) is 15.7. The monoisotopic (exact) mass is 314 g/mol. The summed E-state index contributed by atoms with van der Waals surface area (Å²) in [6.07, 6.45) is -0.0311. The van der Waals surface area contributed by atoms with Gasteiger partial charge < -0.3 is 14.9 Å². The highest BCUT2D eigenvalue weighted by atomic mass is 16.5. The van der Waals surface area contributed by atoms with Gasteiger partial charge in [-0.15, -0.1) is 0 Å². The van der Waals surface area contributed by atoms with Gasteiger partial charge in [0.15, 0.2) is 0 Å². The van der Waals surface area contributed by atoms with Crippen molar-refractivity contribution in [3.63, 3.8) is 0 Å². The van der Waals surface area contributed by atoms with Crippen LogP contribution in [0.3, 0.4) is 0 Å². The van der Waals surface area contributed by atoms with E-state index in [1.165, 1.54) is 0 Å². The van der Waals surface area contributed by atoms with Crippen LogP contribution in [0.4, 0.5) is 0 Å². The van der Waals surface area contributed by atoms with E-state index in [4.69, 9.17) is 4.52 Å². The van der Waals surface area contributed by atoms with Crippen LogP contribution in [0.15, 0.2) is 28.8 Å². The van der Waals surface area contributed by atoms with Crippen molar-refractivity contribution in [2.75, 3.05) is 0 Å². The fraction of sp³-hybridized carbons (Fsp3) is 0.444. The Kier molecular flexibility index (Phi) is 3.76. The predicted molar refractivity (Wildman–Crippen MR) is 86.0 cm³/mol. The number of hydrogen-bond acceptors (Lipinski definition) is 4. The minimum atomic E-state index is -0.775. The number of benzene rings is 1. The average molecular weight is 314 g/mol. The number of aryl methyl sites for hydroxylation is 2. The molecule has 0 bridgehead atoms. The van der Waals surface area contributed by atoms with Crippen molar-refractivity contribution < 1.29 is 14.4 Å². The number of fused-ring (bicyclic) bond motifs is 1. The molecular weight excluding hydrogens is 292 g/mol. The standard InChI is InChI=1S/C18H22N2O3/c1-10-15(11(2)23-20-10)18(3,4)17(22)19-14-9-12-7-5-6-8-13(12)16(14)21/h5-8,14,16,21H,9H2,1-4H3,(H,19,22). The molecule has 1 aliphatic carbocycles. The summed E-state index contributed by atoms with van der Waals surface area (Å²) in [6.45, 7) is 7.35. The molecule has 1 aromatic carbocycles. The zero-order valence-corrected chi connectivity index (χ0v) is 13.9. The van der Waals surface area contributed by atoms with E-state index < -0.39 is 11.5 Å². The van der Waals surface area contributed by atoms with Gasteiger partial charge in [0.1, 0.15) is 5.76 Å². The number of carbonyl (C=O) groups is 1. The summed E-state index contributed by atoms with van der Waals surface area (Å²) in [5, 5.41) is 17.4. The number of nitrogens with zero attached hydrogens (tertiary/aromatic N) is 1. The maximum Gasteiger partial charge on any atom is 0.230 e. The van der Waals surface area contributed by atoms with E-state index in [0.29, 0.717) is 12.2 Å². The van der Waals surface area contributed by atoms with Crippen LogP contribution in [0.25, 0.3) is 0 Å². The third kappa shape index (κ3) is 2.55. The van der Waals surface area contributed by atoms with E-state index in [1.807, 2.05) is 52.0 Å². The topological polar surface area (TPSA) is 75.4 Å². The average Bonchev–Trinajstić information content (AvgIpc) is 3.00. The van der Waals surface area contributed by atoms with Crippen LogP contribution in [0, 0.1) is 13.8 Å². The first-order valence-electron chi connectivity index (χ1n) is 7.82. The van der Waals surface area contributed by atoms with Gasteiger partial charge in [0.25, 0.3) is 0 Å². The lowest BCUT2D eigenvalue weighted by atomic mass is 9.82. The van der Waals surface area contributed by atoms with Crippen LogP contribution in [-0.4, -0.2) is 22.2 Å². The van der Waals surface area contributed by atoms with Gasteiger partial charge in [-0.3, -0.25) is 4.79 Å². The molecule has 0 radical (unpaired) electrons. The van der Waals surface area contributed by atoms with Crippen molar-refractivity contribution in [1.82, 2.24) is 10.5 Å². The van der Waals surface area contributed by atoms with E-state index in [-0.39, 0.29) is 11.9 Å². The SMILES string of the molecule is Cc1noc(C)c1C(C)(C)C(=O)NC1Cc2ccccc2C1O. The number of aliphatic hydroxyl groups is 1. The molecule has 2 N–H and O–H groups in total. The van der Waals surface area contributed by atoms with Crippen LogP contribution in [0.2, 0.25) is 0 Å². The van der Waals surface area contributed by atoms with Crippen molar-refractivity contribution in [1.29, 1.82) is 0 Å². The van der Waals surface area contributed by atoms with Crippen LogP contribution in [0.5, 0.6) is 0 Å². The van der Waals surface area contributed by atoms with Gasteiger partial charge >= 0.3 is 0 Å². The zero-order valence-electron chi connectivity index (χ0n) is 13.9. The Labute approximate surface area is 135 Å². The van der Waals surface area contributed by atoms with Crippen molar-refractivity contribution >= 4 is 5.91 Å². The Hall–Kier alpha value is -2.14. The highest BCUT2D eigenvalue weighted by Crippen LogP contribution is 2.33. The van der Waals surface area contributed by atoms with Gasteiger partial charge in [-0.1, -0.05) is 29.4 Å². The van der Waals surface area contributed by atoms with Gasteiger partial charge in [0.05, 0.1) is 23.3 Å². The molecule has 1 heterocycles. The lowest BCUT2D eigenvalue weighted by molar-refractivity contribution is -0.127. The summed E-state index contributed by atoms with van der Waals surface area (Å²) in [7, 11) is 0. The summed E-state index contributed by atoms with van der Waals surface area (Å²) < 4.78 is 5.19. The molecule has 2 atom stereocenters. The Balaban J connectivity index is 1.80. The zero-order chi connectivity index (χ0) is 16.8. The number of nitrogens with one attached hydrogen (secondary N) is 1. The molecule has 1 aromatic heterocycles. The Morgan fingerprint density at radius 1 is 1.35 bits per heavy atom. The van der Waals surface area contributed by atoms with Crippen molar-refractivity contribution in [3.05, 3.63) is 52.4 Å². The second-order valence-corrected chi connectivity index (χ2v) is 6.75. The van der Waals surface area contributed by atoms with Gasteiger partial charge in [-0.25, -0.2) is 0 Å². The first-order valence-corrected chi connectivity index (χ1v) is 7.82. The molecular formula is C18H22N2O3. The van der Waals surface area contributed by atoms with Gasteiger partial charge in [-0.2, -0.15) is 0 Å². The maximum atomic E-state index is 12.8. The lowest BCUT2D eigenvalue weighted by Crippen LogP contribution is -2.47. The molecule has 5 nitrogen and oxygen atoms in total. The van der Waals surface area contributed by atoms with Gasteiger partial charge in [-0.05, 0) is 45.2 Å². The quantitative estimate of drug-likeness (QED) is 0.912. The molecule has 1 aliphatic rings. The molecule has 0 saturated carbocycles. The number of aromatic nitrogens is 1. The maximum absolute atomic E-state index is 12.8. The van der Waals surface area contributed by atoms with Gasteiger partial charge in [0.2, 0.25) is 5.91 Å². The molecule has 2 aromatic rings. The largest absolute Gasteiger partial charge is 0.386 e. The lowest BCUT2D eigenvalue weighted by Gasteiger charge is -2.27. The Bertz CT molecular complexity index is 729. The Morgan fingerprint density at radius 3 is 2.65 bits per heavy atom. The minimum absolute atomic E-state index is 0.135. The van der Waals surface area contributed by atoms with Crippen LogP contribution < -0.4 is 5.32 Å². The van der Waals surface area contributed by atoms with Crippen molar-refractivity contribution in [3.8, 4) is 0 Å². The van der Waals surface area contributed by atoms with Gasteiger partial charge in [0, 0.05) is 5.56 Å². The number of hydrogen-bond donors (Lipinski definition) is 2. The van der Waals surface area contributed by atoms with Crippen LogP contribution in [-0.2, 0) is 16.6 Å². The fourth-order valence-electron chi connectivity index (χ4n) is 3.54. The van der Waals surface area contributed by atoms with E-state index in [2.05, 4.69) is 10.5 Å². The van der Waals surface area contributed by atoms with E-state index >= 15 is 0 Å². The van der Waals surface area contributed by atoms with Crippen molar-refractivity contribution in [2.45, 2.75) is 51.7 Å². The summed E-state index contributed by atoms with van der Waals surface area (Å²) in [5.41, 5.74) is 2.73. The minimum Gasteiger partial charge on any atom is -0.386 e. The number of aliphatic hydroxyl groups excluding tert-OH is 1. The first-order chi connectivity index (χ1) is 10.8. The molecule has 0 saturated heterocycles. The molecule has 0 aliphatic heterocycles. The molecule has 122 valence electrons. The normalized spacial score (nSPS) is 20.4. The molecule has 3 rings (SSSR count). The summed E-state index contributed by atoms with van der Waals surface area (Å²) in [6, 6.07) is 7.44. The third-order valence-corrected chi connectivity index (χ3v) is 4.74. The fourth-order valence-corrected chi connectivity index (χ4v) is 3.54. The number of rotatable bonds is 3. The molecule has 2 unspecified atom stereocenters. The summed E-state index contributed by atoms with van der Waals surface area (Å²) in [4.78, 5) is 12.8. The summed E-state index contributed by atoms with van der Waals surface area (Å²) >= 11 is 0. The molecule has 0 fully saturated rings. The smallest absolute Gasteiger partial charge is 0.230 e. The van der Waals surface area contributed by atoms with Crippen LogP contribution >= 0.6 is 0 Å². The number of amides is 1. The molecule has 23 heavy (non-hydrogen) atoms. The van der Waals surface area contributed by atoms with E-state index in [0.717, 1.165) is 22.4 Å². The van der Waals surface area contributed by atoms with Crippen LogP contribution in [0.1, 0.15) is 48.1 Å². The third-order valence-electron chi connectivity index (χ3n) is 4.74. The van der Waals surface area contributed by atoms with E-state index in [9.17, 15) is 9.90 Å². The second-order valence-electron chi connectivity index (χ2n) is 6.75. The second kappa shape index (κ2) is 5.49. The summed E-state index contributed by atoms with van der Waals surface area (Å²) in [5.74, 6) is 0.515.